The van der Waals surface area contributed by atoms with E-state index < -0.39 is 0 Å². The molecule has 1 amide bonds. The third-order valence-electron chi connectivity index (χ3n) is 5.47. The summed E-state index contributed by atoms with van der Waals surface area (Å²) >= 11 is 1.24. The lowest BCUT2D eigenvalue weighted by Crippen LogP contribution is -2.29. The molecule has 0 unspecified atom stereocenters. The SMILES string of the molecule is Cc1ccccc1Cn1cnc2c(cnn2CCNC(=O)CSc2nc3ccccc3o2)c1=O. The maximum atomic E-state index is 12.9. The summed E-state index contributed by atoms with van der Waals surface area (Å²) in [5.41, 5.74) is 4.01. The van der Waals surface area contributed by atoms with E-state index in [2.05, 4.69) is 20.4 Å². The standard InChI is InChI=1S/C24H22N6O3S/c1-16-6-2-3-7-17(16)13-29-15-26-22-18(23(29)32)12-27-30(22)11-10-25-21(31)14-34-24-28-19-8-4-5-9-20(19)33-24/h2-9,12,15H,10-11,13-14H2,1H3,(H,25,31). The molecule has 0 aliphatic carbocycles. The predicted molar refractivity (Wildman–Crippen MR) is 130 cm³/mol. The van der Waals surface area contributed by atoms with Gasteiger partial charge >= 0.3 is 0 Å². The maximum absolute atomic E-state index is 12.9. The van der Waals surface area contributed by atoms with E-state index in [0.29, 0.717) is 41.5 Å². The Labute approximate surface area is 198 Å². The van der Waals surface area contributed by atoms with Crippen molar-refractivity contribution in [1.82, 2.24) is 29.6 Å². The van der Waals surface area contributed by atoms with Crippen LogP contribution < -0.4 is 10.9 Å². The normalized spacial score (nSPS) is 11.3. The van der Waals surface area contributed by atoms with E-state index in [1.807, 2.05) is 55.5 Å². The number of para-hydroxylation sites is 2. The highest BCUT2D eigenvalue weighted by atomic mass is 32.2. The number of hydrogen-bond donors (Lipinski definition) is 1. The van der Waals surface area contributed by atoms with E-state index in [9.17, 15) is 9.59 Å². The van der Waals surface area contributed by atoms with E-state index in [1.165, 1.54) is 18.0 Å². The van der Waals surface area contributed by atoms with Gasteiger partial charge in [-0.25, -0.2) is 14.6 Å². The van der Waals surface area contributed by atoms with E-state index in [4.69, 9.17) is 4.42 Å². The van der Waals surface area contributed by atoms with Gasteiger partial charge in [-0.1, -0.05) is 48.2 Å². The second kappa shape index (κ2) is 9.52. The largest absolute Gasteiger partial charge is 0.431 e. The van der Waals surface area contributed by atoms with Crippen LogP contribution in [0.5, 0.6) is 0 Å². The van der Waals surface area contributed by atoms with Gasteiger partial charge in [-0.15, -0.1) is 0 Å². The minimum Gasteiger partial charge on any atom is -0.431 e. The Morgan fingerprint density at radius 2 is 1.97 bits per heavy atom. The average Bonchev–Trinajstić information content (AvgIpc) is 3.45. The van der Waals surface area contributed by atoms with Crippen molar-refractivity contribution in [2.24, 2.45) is 0 Å². The van der Waals surface area contributed by atoms with Crippen LogP contribution in [0.2, 0.25) is 0 Å². The molecule has 5 aromatic rings. The van der Waals surface area contributed by atoms with Crippen molar-refractivity contribution in [2.45, 2.75) is 25.2 Å². The van der Waals surface area contributed by atoms with Crippen LogP contribution in [-0.2, 0) is 17.9 Å². The van der Waals surface area contributed by atoms with Gasteiger partial charge in [0, 0.05) is 6.54 Å². The van der Waals surface area contributed by atoms with Crippen LogP contribution >= 0.6 is 11.8 Å². The molecule has 172 valence electrons. The van der Waals surface area contributed by atoms with Gasteiger partial charge in [0.25, 0.3) is 10.8 Å². The molecule has 1 N–H and O–H groups in total. The Morgan fingerprint density at radius 3 is 2.82 bits per heavy atom. The molecule has 0 bridgehead atoms. The van der Waals surface area contributed by atoms with Gasteiger partial charge in [0.2, 0.25) is 5.91 Å². The summed E-state index contributed by atoms with van der Waals surface area (Å²) < 4.78 is 8.83. The highest BCUT2D eigenvalue weighted by molar-refractivity contribution is 7.99. The number of nitrogens with zero attached hydrogens (tertiary/aromatic N) is 5. The molecule has 0 saturated heterocycles. The average molecular weight is 475 g/mol. The van der Waals surface area contributed by atoms with Crippen molar-refractivity contribution in [3.63, 3.8) is 0 Å². The zero-order chi connectivity index (χ0) is 23.5. The summed E-state index contributed by atoms with van der Waals surface area (Å²) in [4.78, 5) is 33.9. The zero-order valence-electron chi connectivity index (χ0n) is 18.5. The molecule has 10 heteroatoms. The second-order valence-electron chi connectivity index (χ2n) is 7.80. The molecule has 9 nitrogen and oxygen atoms in total. The first-order valence-electron chi connectivity index (χ1n) is 10.8. The number of oxazole rings is 1. The Balaban J connectivity index is 1.18. The summed E-state index contributed by atoms with van der Waals surface area (Å²) in [6.45, 7) is 3.23. The topological polar surface area (TPSA) is 108 Å². The number of nitrogens with one attached hydrogen (secondary N) is 1. The van der Waals surface area contributed by atoms with Gasteiger partial charge in [-0.2, -0.15) is 5.10 Å². The number of carbonyl (C=O) groups excluding carboxylic acids is 1. The molecule has 3 aromatic heterocycles. The zero-order valence-corrected chi connectivity index (χ0v) is 19.3. The Kier molecular flexibility index (Phi) is 6.13. The van der Waals surface area contributed by atoms with Crippen LogP contribution in [0.15, 0.2) is 75.5 Å². The van der Waals surface area contributed by atoms with Crippen molar-refractivity contribution in [2.75, 3.05) is 12.3 Å². The number of rotatable bonds is 8. The molecule has 2 aromatic carbocycles. The number of hydrogen-bond acceptors (Lipinski definition) is 7. The van der Waals surface area contributed by atoms with Crippen molar-refractivity contribution >= 4 is 39.8 Å². The Bertz CT molecular complexity index is 1500. The molecule has 0 aliphatic heterocycles. The quantitative estimate of drug-likeness (QED) is 0.345. The number of fused-ring (bicyclic) bond motifs is 2. The molecular weight excluding hydrogens is 452 g/mol. The molecule has 0 saturated carbocycles. The van der Waals surface area contributed by atoms with Crippen LogP contribution in [0.3, 0.4) is 0 Å². The van der Waals surface area contributed by atoms with E-state index in [0.717, 1.165) is 16.6 Å². The summed E-state index contributed by atoms with van der Waals surface area (Å²) in [5, 5.41) is 8.06. The first-order valence-corrected chi connectivity index (χ1v) is 11.8. The molecule has 0 atom stereocenters. The summed E-state index contributed by atoms with van der Waals surface area (Å²) in [6, 6.07) is 15.4. The van der Waals surface area contributed by atoms with Gasteiger partial charge in [-0.05, 0) is 30.2 Å². The van der Waals surface area contributed by atoms with E-state index in [1.54, 1.807) is 15.6 Å². The lowest BCUT2D eigenvalue weighted by molar-refractivity contribution is -0.118. The fraction of sp³-hybridized carbons (Fsp3) is 0.208. The minimum atomic E-state index is -0.141. The number of aromatic nitrogens is 5. The third-order valence-corrected chi connectivity index (χ3v) is 6.30. The minimum absolute atomic E-state index is 0.140. The van der Waals surface area contributed by atoms with Gasteiger partial charge in [0.05, 0.1) is 25.0 Å². The fourth-order valence-corrected chi connectivity index (χ4v) is 4.31. The number of amides is 1. The number of aryl methyl sites for hydroxylation is 1. The van der Waals surface area contributed by atoms with Crippen LogP contribution in [-0.4, -0.2) is 42.5 Å². The molecule has 0 spiro atoms. The van der Waals surface area contributed by atoms with Crippen LogP contribution in [0.4, 0.5) is 0 Å². The van der Waals surface area contributed by atoms with Crippen molar-refractivity contribution < 1.29 is 9.21 Å². The van der Waals surface area contributed by atoms with Gasteiger partial charge in [-0.3, -0.25) is 14.2 Å². The highest BCUT2D eigenvalue weighted by Gasteiger charge is 2.12. The summed E-state index contributed by atoms with van der Waals surface area (Å²) in [5.74, 6) is 0.0476. The first kappa shape index (κ1) is 21.9. The van der Waals surface area contributed by atoms with Crippen LogP contribution in [0.1, 0.15) is 11.1 Å². The van der Waals surface area contributed by atoms with Crippen LogP contribution in [0.25, 0.3) is 22.1 Å². The second-order valence-corrected chi connectivity index (χ2v) is 8.72. The van der Waals surface area contributed by atoms with Gasteiger partial charge in [0.1, 0.15) is 17.2 Å². The van der Waals surface area contributed by atoms with Crippen LogP contribution in [0, 0.1) is 6.92 Å². The molecule has 0 aliphatic rings. The lowest BCUT2D eigenvalue weighted by atomic mass is 10.1. The molecule has 34 heavy (non-hydrogen) atoms. The highest BCUT2D eigenvalue weighted by Crippen LogP contribution is 2.22. The molecule has 0 radical (unpaired) electrons. The summed E-state index contributed by atoms with van der Waals surface area (Å²) in [6.07, 6.45) is 3.08. The van der Waals surface area contributed by atoms with Gasteiger partial charge in [0.15, 0.2) is 11.2 Å². The van der Waals surface area contributed by atoms with Crippen molar-refractivity contribution in [3.8, 4) is 0 Å². The molecule has 0 fully saturated rings. The smallest absolute Gasteiger partial charge is 0.264 e. The van der Waals surface area contributed by atoms with Crippen molar-refractivity contribution in [3.05, 3.63) is 82.5 Å². The molecule has 3 heterocycles. The number of carbonyl (C=O) groups is 1. The molecular formula is C24H22N6O3S. The maximum Gasteiger partial charge on any atom is 0.264 e. The first-order chi connectivity index (χ1) is 16.6. The van der Waals surface area contributed by atoms with E-state index in [-0.39, 0.29) is 17.2 Å². The van der Waals surface area contributed by atoms with E-state index >= 15 is 0 Å². The summed E-state index contributed by atoms with van der Waals surface area (Å²) in [7, 11) is 0. The Morgan fingerprint density at radius 1 is 1.15 bits per heavy atom. The number of benzene rings is 2. The Hall–Kier alpha value is -3.92. The number of thioether (sulfide) groups is 1. The fourth-order valence-electron chi connectivity index (χ4n) is 3.64. The van der Waals surface area contributed by atoms with Crippen molar-refractivity contribution in [1.29, 1.82) is 0 Å². The van der Waals surface area contributed by atoms with Gasteiger partial charge < -0.3 is 9.73 Å². The lowest BCUT2D eigenvalue weighted by Gasteiger charge is -2.09. The predicted octanol–water partition coefficient (Wildman–Crippen LogP) is 3.00. The monoisotopic (exact) mass is 474 g/mol. The third kappa shape index (κ3) is 4.58. The molecule has 5 rings (SSSR count).